The van der Waals surface area contributed by atoms with E-state index in [1.807, 2.05) is 0 Å². The summed E-state index contributed by atoms with van der Waals surface area (Å²) in [4.78, 5) is 22.8. The molecule has 0 spiro atoms. The number of hydrogen-bond acceptors (Lipinski definition) is 5. The van der Waals surface area contributed by atoms with Crippen molar-refractivity contribution in [2.24, 2.45) is 0 Å². The zero-order valence-corrected chi connectivity index (χ0v) is 14.1. The number of alkyl halides is 3. The predicted octanol–water partition coefficient (Wildman–Crippen LogP) is 3.17. The minimum atomic E-state index is -5.04. The highest BCUT2D eigenvalue weighted by Crippen LogP contribution is 2.39. The lowest BCUT2D eigenvalue weighted by molar-refractivity contribution is -0.167. The van der Waals surface area contributed by atoms with Crippen molar-refractivity contribution in [2.45, 2.75) is 20.0 Å². The molecule has 0 saturated carbocycles. The highest BCUT2D eigenvalue weighted by Gasteiger charge is 2.39. The Hall–Kier alpha value is -2.71. The van der Waals surface area contributed by atoms with Gasteiger partial charge in [0.05, 0.1) is 26.5 Å². The summed E-state index contributed by atoms with van der Waals surface area (Å²) in [5, 5.41) is 1.72. The zero-order chi connectivity index (χ0) is 19.2. The molecule has 1 rings (SSSR count). The summed E-state index contributed by atoms with van der Waals surface area (Å²) in [5.41, 5.74) is 0.414. The number of nitrogens with one attached hydrogen (secondary N) is 1. The SMILES string of the molecule is CCOC(=O)/C(C)=C/c1ccc(NC(=O)C(F)(F)F)c(OC)c1OC. The van der Waals surface area contributed by atoms with Gasteiger partial charge in [0.15, 0.2) is 11.5 Å². The maximum atomic E-state index is 12.4. The van der Waals surface area contributed by atoms with Gasteiger partial charge in [-0.3, -0.25) is 4.79 Å². The molecule has 6 nitrogen and oxygen atoms in total. The van der Waals surface area contributed by atoms with E-state index < -0.39 is 18.1 Å². The number of benzene rings is 1. The molecule has 0 unspecified atom stereocenters. The maximum Gasteiger partial charge on any atom is 0.471 e. The summed E-state index contributed by atoms with van der Waals surface area (Å²) >= 11 is 0. The summed E-state index contributed by atoms with van der Waals surface area (Å²) in [6.07, 6.45) is -3.61. The minimum absolute atomic E-state index is 0.0612. The van der Waals surface area contributed by atoms with E-state index in [0.29, 0.717) is 5.56 Å². The fourth-order valence-electron chi connectivity index (χ4n) is 1.93. The van der Waals surface area contributed by atoms with E-state index in [9.17, 15) is 22.8 Å². The monoisotopic (exact) mass is 361 g/mol. The summed E-state index contributed by atoms with van der Waals surface area (Å²) in [7, 11) is 2.50. The molecule has 0 fully saturated rings. The molecule has 0 heterocycles. The first kappa shape index (κ1) is 20.3. The Morgan fingerprint density at radius 3 is 2.24 bits per heavy atom. The van der Waals surface area contributed by atoms with Crippen LogP contribution in [0.1, 0.15) is 19.4 Å². The van der Waals surface area contributed by atoms with Crippen LogP contribution in [0.5, 0.6) is 11.5 Å². The molecule has 25 heavy (non-hydrogen) atoms. The van der Waals surface area contributed by atoms with Crippen LogP contribution in [-0.2, 0) is 14.3 Å². The smallest absolute Gasteiger partial charge is 0.471 e. The summed E-state index contributed by atoms with van der Waals surface area (Å²) in [6.45, 7) is 3.38. The molecular weight excluding hydrogens is 343 g/mol. The molecule has 0 aliphatic heterocycles. The van der Waals surface area contributed by atoms with Crippen LogP contribution in [0.4, 0.5) is 18.9 Å². The normalized spacial score (nSPS) is 11.7. The van der Waals surface area contributed by atoms with Gasteiger partial charge in [-0.2, -0.15) is 13.2 Å². The average molecular weight is 361 g/mol. The van der Waals surface area contributed by atoms with Crippen LogP contribution >= 0.6 is 0 Å². The average Bonchev–Trinajstić information content (AvgIpc) is 2.54. The molecular formula is C16H18F3NO5. The largest absolute Gasteiger partial charge is 0.492 e. The molecule has 9 heteroatoms. The van der Waals surface area contributed by atoms with Crippen LogP contribution in [0.2, 0.25) is 0 Å². The Labute approximate surface area is 142 Å². The van der Waals surface area contributed by atoms with E-state index in [-0.39, 0.29) is 29.4 Å². The fraction of sp³-hybridized carbons (Fsp3) is 0.375. The fourth-order valence-corrected chi connectivity index (χ4v) is 1.93. The first-order valence-electron chi connectivity index (χ1n) is 7.14. The van der Waals surface area contributed by atoms with Gasteiger partial charge in [-0.25, -0.2) is 4.79 Å². The Morgan fingerprint density at radius 1 is 1.16 bits per heavy atom. The number of anilines is 1. The van der Waals surface area contributed by atoms with Crippen LogP contribution in [-0.4, -0.2) is 38.9 Å². The lowest BCUT2D eigenvalue weighted by atomic mass is 10.1. The Morgan fingerprint density at radius 2 is 1.76 bits per heavy atom. The van der Waals surface area contributed by atoms with Gasteiger partial charge >= 0.3 is 18.1 Å². The van der Waals surface area contributed by atoms with Crippen LogP contribution in [0.3, 0.4) is 0 Å². The van der Waals surface area contributed by atoms with Crippen molar-refractivity contribution in [1.82, 2.24) is 0 Å². The van der Waals surface area contributed by atoms with Gasteiger partial charge in [-0.05, 0) is 32.1 Å². The Bertz CT molecular complexity index is 683. The lowest BCUT2D eigenvalue weighted by Gasteiger charge is -2.16. The van der Waals surface area contributed by atoms with E-state index in [2.05, 4.69) is 0 Å². The summed E-state index contributed by atoms with van der Waals surface area (Å²) in [6, 6.07) is 2.60. The summed E-state index contributed by atoms with van der Waals surface area (Å²) in [5.74, 6) is -2.73. The number of rotatable bonds is 6. The molecule has 1 aromatic carbocycles. The van der Waals surface area contributed by atoms with Crippen molar-refractivity contribution in [1.29, 1.82) is 0 Å². The third-order valence-electron chi connectivity index (χ3n) is 3.03. The quantitative estimate of drug-likeness (QED) is 0.622. The number of carbonyl (C=O) groups is 2. The van der Waals surface area contributed by atoms with Crippen LogP contribution < -0.4 is 14.8 Å². The number of amides is 1. The third kappa shape index (κ3) is 5.13. The van der Waals surface area contributed by atoms with Gasteiger partial charge in [-0.15, -0.1) is 0 Å². The van der Waals surface area contributed by atoms with E-state index in [4.69, 9.17) is 14.2 Å². The summed E-state index contributed by atoms with van der Waals surface area (Å²) < 4.78 is 52.3. The predicted molar refractivity (Wildman–Crippen MR) is 84.5 cm³/mol. The molecule has 1 N–H and O–H groups in total. The molecule has 1 amide bonds. The number of ether oxygens (including phenoxy) is 3. The van der Waals surface area contributed by atoms with Crippen molar-refractivity contribution in [3.63, 3.8) is 0 Å². The van der Waals surface area contributed by atoms with Crippen molar-refractivity contribution >= 4 is 23.6 Å². The number of hydrogen-bond donors (Lipinski definition) is 1. The van der Waals surface area contributed by atoms with E-state index >= 15 is 0 Å². The number of methoxy groups -OCH3 is 2. The number of carbonyl (C=O) groups excluding carboxylic acids is 2. The highest BCUT2D eigenvalue weighted by atomic mass is 19.4. The van der Waals surface area contributed by atoms with Gasteiger partial charge in [0.1, 0.15) is 0 Å². The Kier molecular flexibility index (Phi) is 6.84. The third-order valence-corrected chi connectivity index (χ3v) is 3.03. The number of esters is 1. The molecule has 138 valence electrons. The van der Waals surface area contributed by atoms with Crippen molar-refractivity contribution in [3.8, 4) is 11.5 Å². The molecule has 1 aromatic rings. The molecule has 0 saturated heterocycles. The second-order valence-electron chi connectivity index (χ2n) is 4.77. The second-order valence-corrected chi connectivity index (χ2v) is 4.77. The Balaban J connectivity index is 3.30. The molecule has 0 atom stereocenters. The van der Waals surface area contributed by atoms with Crippen LogP contribution in [0.15, 0.2) is 17.7 Å². The standard InChI is InChI=1S/C16H18F3NO5/c1-5-25-14(21)9(2)8-10-6-7-11(13(24-4)12(10)23-3)20-15(22)16(17,18)19/h6-8H,5H2,1-4H3,(H,20,22)/b9-8+. The van der Waals surface area contributed by atoms with Crippen LogP contribution in [0, 0.1) is 0 Å². The van der Waals surface area contributed by atoms with E-state index in [1.54, 1.807) is 12.2 Å². The molecule has 0 aliphatic carbocycles. The van der Waals surface area contributed by atoms with Crippen molar-refractivity contribution in [3.05, 3.63) is 23.3 Å². The van der Waals surface area contributed by atoms with Gasteiger partial charge in [0.2, 0.25) is 0 Å². The topological polar surface area (TPSA) is 73.9 Å². The molecule has 0 aliphatic rings. The molecule has 0 bridgehead atoms. The van der Waals surface area contributed by atoms with Gasteiger partial charge in [0.25, 0.3) is 0 Å². The van der Waals surface area contributed by atoms with Crippen molar-refractivity contribution < 1.29 is 37.0 Å². The zero-order valence-electron chi connectivity index (χ0n) is 14.1. The van der Waals surface area contributed by atoms with Gasteiger partial charge in [0, 0.05) is 11.1 Å². The highest BCUT2D eigenvalue weighted by molar-refractivity contribution is 5.98. The first-order chi connectivity index (χ1) is 11.6. The molecule has 0 radical (unpaired) electrons. The van der Waals surface area contributed by atoms with Gasteiger partial charge in [-0.1, -0.05) is 0 Å². The first-order valence-corrected chi connectivity index (χ1v) is 7.14. The lowest BCUT2D eigenvalue weighted by Crippen LogP contribution is -2.30. The van der Waals surface area contributed by atoms with E-state index in [1.165, 1.54) is 39.4 Å². The maximum absolute atomic E-state index is 12.4. The number of halogens is 3. The van der Waals surface area contributed by atoms with Crippen molar-refractivity contribution in [2.75, 3.05) is 26.1 Å². The minimum Gasteiger partial charge on any atom is -0.492 e. The molecule has 0 aromatic heterocycles. The van der Waals surface area contributed by atoms with E-state index in [0.717, 1.165) is 0 Å². The second kappa shape index (κ2) is 8.41. The van der Waals surface area contributed by atoms with Gasteiger partial charge < -0.3 is 19.5 Å². The van der Waals surface area contributed by atoms with Crippen LogP contribution in [0.25, 0.3) is 6.08 Å².